The molecule has 0 bridgehead atoms. The average Bonchev–Trinajstić information content (AvgIpc) is 2.68. The first-order chi connectivity index (χ1) is 12.3. The van der Waals surface area contributed by atoms with Gasteiger partial charge in [-0.05, 0) is 35.4 Å². The van der Waals surface area contributed by atoms with E-state index in [1.54, 1.807) is 12.1 Å². The highest BCUT2D eigenvalue weighted by Crippen LogP contribution is 2.10. The van der Waals surface area contributed by atoms with E-state index >= 15 is 0 Å². The van der Waals surface area contributed by atoms with Gasteiger partial charge in [0.1, 0.15) is 6.29 Å². The summed E-state index contributed by atoms with van der Waals surface area (Å²) in [6, 6.07) is 15.8. The predicted molar refractivity (Wildman–Crippen MR) is 100 cm³/mol. The molecule has 2 aromatic carbocycles. The van der Waals surface area contributed by atoms with E-state index in [4.69, 9.17) is 4.74 Å². The van der Waals surface area contributed by atoms with Crippen LogP contribution >= 0.6 is 0 Å². The molecule has 0 amide bonds. The molecule has 1 heterocycles. The van der Waals surface area contributed by atoms with Gasteiger partial charge in [0.05, 0.1) is 13.2 Å². The van der Waals surface area contributed by atoms with Crippen molar-refractivity contribution in [1.82, 2.24) is 4.90 Å². The first kappa shape index (κ1) is 17.2. The van der Waals surface area contributed by atoms with Gasteiger partial charge < -0.3 is 4.74 Å². The van der Waals surface area contributed by atoms with Crippen molar-refractivity contribution in [2.45, 2.75) is 6.54 Å². The molecule has 0 radical (unpaired) electrons. The van der Waals surface area contributed by atoms with Crippen molar-refractivity contribution in [3.05, 3.63) is 76.9 Å². The van der Waals surface area contributed by atoms with Gasteiger partial charge in [-0.1, -0.05) is 48.2 Å². The van der Waals surface area contributed by atoms with Gasteiger partial charge in [0.25, 0.3) is 0 Å². The molecule has 0 atom stereocenters. The van der Waals surface area contributed by atoms with Gasteiger partial charge in [-0.15, -0.1) is 0 Å². The van der Waals surface area contributed by atoms with Gasteiger partial charge in [-0.25, -0.2) is 0 Å². The summed E-state index contributed by atoms with van der Waals surface area (Å²) in [7, 11) is 0. The molecule has 0 unspecified atom stereocenters. The van der Waals surface area contributed by atoms with E-state index in [0.717, 1.165) is 50.3 Å². The van der Waals surface area contributed by atoms with Crippen LogP contribution in [0.4, 0.5) is 0 Å². The maximum Gasteiger partial charge on any atom is 0.150 e. The van der Waals surface area contributed by atoms with E-state index in [1.807, 2.05) is 24.3 Å². The lowest BCUT2D eigenvalue weighted by molar-refractivity contribution is 0.0342. The summed E-state index contributed by atoms with van der Waals surface area (Å²) in [6.45, 7) is 4.65. The molecular formula is C22H21NO2. The second-order valence-electron chi connectivity index (χ2n) is 5.97. The quantitative estimate of drug-likeness (QED) is 0.635. The topological polar surface area (TPSA) is 29.5 Å². The van der Waals surface area contributed by atoms with Crippen molar-refractivity contribution in [2.24, 2.45) is 0 Å². The van der Waals surface area contributed by atoms with E-state index in [0.29, 0.717) is 5.56 Å². The molecular weight excluding hydrogens is 310 g/mol. The van der Waals surface area contributed by atoms with Crippen LogP contribution in [0.1, 0.15) is 27.0 Å². The Bertz CT molecular complexity index is 774. The number of carbonyl (C=O) groups excluding carboxylic acids is 1. The minimum Gasteiger partial charge on any atom is -0.379 e. The molecule has 0 aliphatic carbocycles. The largest absolute Gasteiger partial charge is 0.379 e. The minimum atomic E-state index is 0.665. The zero-order valence-electron chi connectivity index (χ0n) is 14.2. The van der Waals surface area contributed by atoms with Crippen LogP contribution in [0, 0.1) is 11.8 Å². The summed E-state index contributed by atoms with van der Waals surface area (Å²) < 4.78 is 5.38. The molecule has 1 saturated heterocycles. The summed E-state index contributed by atoms with van der Waals surface area (Å²) in [4.78, 5) is 13.0. The van der Waals surface area contributed by atoms with Crippen LogP contribution in [-0.4, -0.2) is 37.5 Å². The number of nitrogens with zero attached hydrogens (tertiary/aromatic N) is 1. The lowest BCUT2D eigenvalue weighted by atomic mass is 10.1. The molecule has 0 spiro atoms. The lowest BCUT2D eigenvalue weighted by Crippen LogP contribution is -2.35. The summed E-state index contributed by atoms with van der Waals surface area (Å²) >= 11 is 0. The van der Waals surface area contributed by atoms with Crippen LogP contribution in [0.15, 0.2) is 54.6 Å². The van der Waals surface area contributed by atoms with Crippen LogP contribution in [0.5, 0.6) is 0 Å². The van der Waals surface area contributed by atoms with Gasteiger partial charge in [-0.2, -0.15) is 0 Å². The van der Waals surface area contributed by atoms with Crippen LogP contribution in [-0.2, 0) is 11.3 Å². The Morgan fingerprint density at radius 1 is 0.960 bits per heavy atom. The SMILES string of the molecule is O=Cc1ccc(C#C/C=C/c2ccc(CN3CCOCC3)cc2)cc1. The van der Waals surface area contributed by atoms with E-state index in [2.05, 4.69) is 41.0 Å². The van der Waals surface area contributed by atoms with Crippen molar-refractivity contribution in [3.8, 4) is 11.8 Å². The lowest BCUT2D eigenvalue weighted by Gasteiger charge is -2.26. The Labute approximate surface area is 148 Å². The summed E-state index contributed by atoms with van der Waals surface area (Å²) in [6.07, 6.45) is 4.69. The Morgan fingerprint density at radius 2 is 1.64 bits per heavy atom. The normalized spacial score (nSPS) is 14.9. The fourth-order valence-electron chi connectivity index (χ4n) is 2.66. The summed E-state index contributed by atoms with van der Waals surface area (Å²) in [5, 5.41) is 0. The summed E-state index contributed by atoms with van der Waals surface area (Å²) in [5.74, 6) is 6.09. The molecule has 2 aromatic rings. The zero-order valence-corrected chi connectivity index (χ0v) is 14.2. The molecule has 1 aliphatic heterocycles. The van der Waals surface area contributed by atoms with Gasteiger partial charge in [-0.3, -0.25) is 9.69 Å². The van der Waals surface area contributed by atoms with Gasteiger partial charge in [0, 0.05) is 30.8 Å². The molecule has 0 saturated carbocycles. The van der Waals surface area contributed by atoms with E-state index in [9.17, 15) is 4.79 Å². The van der Waals surface area contributed by atoms with Crippen LogP contribution in [0.2, 0.25) is 0 Å². The van der Waals surface area contributed by atoms with Gasteiger partial charge in [0.2, 0.25) is 0 Å². The van der Waals surface area contributed by atoms with Crippen molar-refractivity contribution in [2.75, 3.05) is 26.3 Å². The van der Waals surface area contributed by atoms with E-state index < -0.39 is 0 Å². The standard InChI is InChI=1S/C22H21NO2/c24-18-22-11-7-20(8-12-22)4-2-1-3-19-5-9-21(10-6-19)17-23-13-15-25-16-14-23/h1,3,5-12,18H,13-17H2/b3-1+. The van der Waals surface area contributed by atoms with Crippen LogP contribution in [0.3, 0.4) is 0 Å². The number of carbonyl (C=O) groups is 1. The zero-order chi connectivity index (χ0) is 17.3. The molecule has 1 aliphatic rings. The highest BCUT2D eigenvalue weighted by molar-refractivity contribution is 5.74. The number of hydrogen-bond acceptors (Lipinski definition) is 3. The minimum absolute atomic E-state index is 0.665. The van der Waals surface area contributed by atoms with Crippen molar-refractivity contribution in [3.63, 3.8) is 0 Å². The molecule has 25 heavy (non-hydrogen) atoms. The number of aldehydes is 1. The highest BCUT2D eigenvalue weighted by atomic mass is 16.5. The maximum atomic E-state index is 10.6. The number of morpholine rings is 1. The fourth-order valence-corrected chi connectivity index (χ4v) is 2.66. The van der Waals surface area contributed by atoms with Crippen molar-refractivity contribution >= 4 is 12.4 Å². The Balaban J connectivity index is 1.54. The summed E-state index contributed by atoms with van der Waals surface area (Å²) in [5.41, 5.74) is 4.02. The predicted octanol–water partition coefficient (Wildman–Crippen LogP) is 3.40. The number of rotatable bonds is 4. The number of hydrogen-bond donors (Lipinski definition) is 0. The second kappa shape index (κ2) is 8.98. The van der Waals surface area contributed by atoms with E-state index in [1.165, 1.54) is 5.56 Å². The molecule has 3 nitrogen and oxygen atoms in total. The molecule has 3 rings (SSSR count). The second-order valence-corrected chi connectivity index (χ2v) is 5.97. The third kappa shape index (κ3) is 5.42. The Hall–Kier alpha value is -2.67. The molecule has 126 valence electrons. The Kier molecular flexibility index (Phi) is 6.17. The fraction of sp³-hybridized carbons (Fsp3) is 0.227. The number of benzene rings is 2. The molecule has 0 aromatic heterocycles. The van der Waals surface area contributed by atoms with Gasteiger partial charge in [0.15, 0.2) is 0 Å². The van der Waals surface area contributed by atoms with Crippen molar-refractivity contribution < 1.29 is 9.53 Å². The first-order valence-electron chi connectivity index (χ1n) is 8.46. The molecule has 1 fully saturated rings. The maximum absolute atomic E-state index is 10.6. The monoisotopic (exact) mass is 331 g/mol. The molecule has 0 N–H and O–H groups in total. The number of allylic oxidation sites excluding steroid dienone is 1. The third-order valence-corrected chi connectivity index (χ3v) is 4.11. The number of ether oxygens (including phenoxy) is 1. The highest BCUT2D eigenvalue weighted by Gasteiger charge is 2.10. The van der Waals surface area contributed by atoms with Crippen LogP contribution in [0.25, 0.3) is 6.08 Å². The average molecular weight is 331 g/mol. The third-order valence-electron chi connectivity index (χ3n) is 4.11. The van der Waals surface area contributed by atoms with Crippen molar-refractivity contribution in [1.29, 1.82) is 0 Å². The smallest absolute Gasteiger partial charge is 0.150 e. The van der Waals surface area contributed by atoms with Crippen LogP contribution < -0.4 is 0 Å². The Morgan fingerprint density at radius 3 is 2.32 bits per heavy atom. The first-order valence-corrected chi connectivity index (χ1v) is 8.46. The van der Waals surface area contributed by atoms with Gasteiger partial charge >= 0.3 is 0 Å². The molecule has 3 heteroatoms. The van der Waals surface area contributed by atoms with E-state index in [-0.39, 0.29) is 0 Å².